The molecule has 6 nitrogen and oxygen atoms in total. The maximum absolute atomic E-state index is 12.2. The normalized spacial score (nSPS) is 16.0. The molecule has 0 aliphatic carbocycles. The summed E-state index contributed by atoms with van der Waals surface area (Å²) in [7, 11) is 0. The van der Waals surface area contributed by atoms with Crippen molar-refractivity contribution < 1.29 is 9.53 Å². The first-order valence-corrected chi connectivity index (χ1v) is 7.83. The number of amides is 1. The van der Waals surface area contributed by atoms with E-state index in [-0.39, 0.29) is 5.91 Å². The van der Waals surface area contributed by atoms with Crippen LogP contribution in [0.25, 0.3) is 11.0 Å². The number of rotatable bonds is 5. The number of nitrogens with zero attached hydrogens (tertiary/aromatic N) is 2. The van der Waals surface area contributed by atoms with E-state index in [0.717, 1.165) is 56.1 Å². The Hall–Kier alpha value is -1.92. The summed E-state index contributed by atoms with van der Waals surface area (Å²) in [5.74, 6) is 0.905. The van der Waals surface area contributed by atoms with E-state index in [1.807, 2.05) is 18.2 Å². The van der Waals surface area contributed by atoms with Gasteiger partial charge in [-0.05, 0) is 18.2 Å². The first-order valence-electron chi connectivity index (χ1n) is 7.83. The molecule has 1 fully saturated rings. The first-order chi connectivity index (χ1) is 10.8. The highest BCUT2D eigenvalue weighted by atomic mass is 16.5. The fourth-order valence-corrected chi connectivity index (χ4v) is 2.63. The molecular formula is C16H22N4O2. The van der Waals surface area contributed by atoms with Crippen molar-refractivity contribution in [1.29, 1.82) is 0 Å². The van der Waals surface area contributed by atoms with Gasteiger partial charge >= 0.3 is 0 Å². The van der Waals surface area contributed by atoms with Crippen molar-refractivity contribution >= 4 is 16.9 Å². The third-order valence-electron chi connectivity index (χ3n) is 3.95. The van der Waals surface area contributed by atoms with Gasteiger partial charge in [0.05, 0.1) is 24.2 Å². The van der Waals surface area contributed by atoms with Crippen LogP contribution in [0.4, 0.5) is 0 Å². The van der Waals surface area contributed by atoms with Gasteiger partial charge in [-0.2, -0.15) is 0 Å². The number of hydrogen-bond donors (Lipinski definition) is 2. The summed E-state index contributed by atoms with van der Waals surface area (Å²) in [5.41, 5.74) is 2.49. The maximum atomic E-state index is 12.2. The third kappa shape index (κ3) is 3.45. The zero-order valence-electron chi connectivity index (χ0n) is 12.9. The Kier molecular flexibility index (Phi) is 4.70. The topological polar surface area (TPSA) is 70.2 Å². The SMILES string of the molecule is CCc1nc2ccc(C(=O)NCCN3CCOCC3)cc2[nH]1. The average Bonchev–Trinajstić information content (AvgIpc) is 2.98. The number of imidazole rings is 1. The third-order valence-corrected chi connectivity index (χ3v) is 3.95. The summed E-state index contributed by atoms with van der Waals surface area (Å²) < 4.78 is 5.31. The molecule has 2 heterocycles. The molecule has 0 atom stereocenters. The van der Waals surface area contributed by atoms with Gasteiger partial charge in [0, 0.05) is 38.2 Å². The number of H-pyrrole nitrogens is 1. The molecule has 0 radical (unpaired) electrons. The number of aromatic nitrogens is 2. The Balaban J connectivity index is 1.57. The van der Waals surface area contributed by atoms with Crippen LogP contribution in [-0.4, -0.2) is 60.2 Å². The van der Waals surface area contributed by atoms with Crippen molar-refractivity contribution in [1.82, 2.24) is 20.2 Å². The van der Waals surface area contributed by atoms with Gasteiger partial charge in [0.1, 0.15) is 5.82 Å². The van der Waals surface area contributed by atoms with E-state index in [0.29, 0.717) is 12.1 Å². The molecule has 0 saturated carbocycles. The van der Waals surface area contributed by atoms with E-state index in [4.69, 9.17) is 4.74 Å². The van der Waals surface area contributed by atoms with Gasteiger partial charge in [-0.25, -0.2) is 4.98 Å². The molecule has 3 rings (SSSR count). The minimum absolute atomic E-state index is 0.0391. The van der Waals surface area contributed by atoms with Gasteiger partial charge in [-0.3, -0.25) is 9.69 Å². The predicted octanol–water partition coefficient (Wildman–Crippen LogP) is 1.19. The summed E-state index contributed by atoms with van der Waals surface area (Å²) in [6, 6.07) is 5.58. The summed E-state index contributed by atoms with van der Waals surface area (Å²) in [6.45, 7) is 7.01. The van der Waals surface area contributed by atoms with Gasteiger partial charge < -0.3 is 15.0 Å². The number of carbonyl (C=O) groups is 1. The zero-order chi connectivity index (χ0) is 15.4. The smallest absolute Gasteiger partial charge is 0.251 e. The van der Waals surface area contributed by atoms with Gasteiger partial charge in [-0.1, -0.05) is 6.92 Å². The van der Waals surface area contributed by atoms with E-state index in [9.17, 15) is 4.79 Å². The molecule has 6 heteroatoms. The predicted molar refractivity (Wildman–Crippen MR) is 85.1 cm³/mol. The highest BCUT2D eigenvalue weighted by Gasteiger charge is 2.11. The van der Waals surface area contributed by atoms with Crippen molar-refractivity contribution in [3.05, 3.63) is 29.6 Å². The van der Waals surface area contributed by atoms with E-state index in [1.54, 1.807) is 0 Å². The number of hydrogen-bond acceptors (Lipinski definition) is 4. The van der Waals surface area contributed by atoms with Crippen molar-refractivity contribution in [3.63, 3.8) is 0 Å². The van der Waals surface area contributed by atoms with Gasteiger partial charge in [-0.15, -0.1) is 0 Å². The molecular weight excluding hydrogens is 280 g/mol. The summed E-state index contributed by atoms with van der Waals surface area (Å²) in [4.78, 5) is 22.2. The lowest BCUT2D eigenvalue weighted by Crippen LogP contribution is -2.41. The van der Waals surface area contributed by atoms with Crippen LogP contribution in [0.5, 0.6) is 0 Å². The second kappa shape index (κ2) is 6.89. The van der Waals surface area contributed by atoms with Crippen molar-refractivity contribution in [2.75, 3.05) is 39.4 Å². The van der Waals surface area contributed by atoms with E-state index >= 15 is 0 Å². The lowest BCUT2D eigenvalue weighted by Gasteiger charge is -2.26. The van der Waals surface area contributed by atoms with Crippen LogP contribution in [0.15, 0.2) is 18.2 Å². The Morgan fingerprint density at radius 3 is 3.00 bits per heavy atom. The van der Waals surface area contributed by atoms with Crippen molar-refractivity contribution in [2.24, 2.45) is 0 Å². The summed E-state index contributed by atoms with van der Waals surface area (Å²) in [5, 5.41) is 2.98. The molecule has 118 valence electrons. The molecule has 0 bridgehead atoms. The number of carbonyl (C=O) groups excluding carboxylic acids is 1. The standard InChI is InChI=1S/C16H22N4O2/c1-2-15-18-13-4-3-12(11-14(13)19-15)16(21)17-5-6-20-7-9-22-10-8-20/h3-4,11H,2,5-10H2,1H3,(H,17,21)(H,18,19). The Labute approximate surface area is 129 Å². The molecule has 0 unspecified atom stereocenters. The molecule has 1 aromatic heterocycles. The molecule has 1 saturated heterocycles. The van der Waals surface area contributed by atoms with E-state index in [2.05, 4.69) is 27.1 Å². The van der Waals surface area contributed by atoms with Crippen LogP contribution < -0.4 is 5.32 Å². The van der Waals surface area contributed by atoms with E-state index in [1.165, 1.54) is 0 Å². The molecule has 22 heavy (non-hydrogen) atoms. The van der Waals surface area contributed by atoms with Crippen molar-refractivity contribution in [3.8, 4) is 0 Å². The highest BCUT2D eigenvalue weighted by Crippen LogP contribution is 2.14. The molecule has 0 spiro atoms. The molecule has 2 N–H and O–H groups in total. The number of aromatic amines is 1. The quantitative estimate of drug-likeness (QED) is 0.870. The van der Waals surface area contributed by atoms with Crippen LogP contribution in [0.3, 0.4) is 0 Å². The largest absolute Gasteiger partial charge is 0.379 e. The van der Waals surface area contributed by atoms with Crippen LogP contribution in [0, 0.1) is 0 Å². The maximum Gasteiger partial charge on any atom is 0.251 e. The fourth-order valence-electron chi connectivity index (χ4n) is 2.63. The molecule has 2 aromatic rings. The second-order valence-electron chi connectivity index (χ2n) is 5.48. The van der Waals surface area contributed by atoms with Gasteiger partial charge in [0.2, 0.25) is 0 Å². The Morgan fingerprint density at radius 2 is 2.23 bits per heavy atom. The summed E-state index contributed by atoms with van der Waals surface area (Å²) in [6.07, 6.45) is 0.857. The molecule has 1 amide bonds. The number of fused-ring (bicyclic) bond motifs is 1. The second-order valence-corrected chi connectivity index (χ2v) is 5.48. The lowest BCUT2D eigenvalue weighted by atomic mass is 10.2. The number of morpholine rings is 1. The molecule has 1 aliphatic heterocycles. The van der Waals surface area contributed by atoms with Gasteiger partial charge in [0.15, 0.2) is 0 Å². The Bertz CT molecular complexity index is 647. The van der Waals surface area contributed by atoms with Crippen molar-refractivity contribution in [2.45, 2.75) is 13.3 Å². The number of ether oxygens (including phenoxy) is 1. The molecule has 1 aliphatic rings. The van der Waals surface area contributed by atoms with Crippen LogP contribution in [0.2, 0.25) is 0 Å². The molecule has 1 aromatic carbocycles. The summed E-state index contributed by atoms with van der Waals surface area (Å²) >= 11 is 0. The number of aryl methyl sites for hydroxylation is 1. The van der Waals surface area contributed by atoms with Crippen LogP contribution in [-0.2, 0) is 11.2 Å². The average molecular weight is 302 g/mol. The monoisotopic (exact) mass is 302 g/mol. The number of nitrogens with one attached hydrogen (secondary N) is 2. The fraction of sp³-hybridized carbons (Fsp3) is 0.500. The Morgan fingerprint density at radius 1 is 1.41 bits per heavy atom. The highest BCUT2D eigenvalue weighted by molar-refractivity contribution is 5.97. The minimum atomic E-state index is -0.0391. The van der Waals surface area contributed by atoms with Gasteiger partial charge in [0.25, 0.3) is 5.91 Å². The lowest BCUT2D eigenvalue weighted by molar-refractivity contribution is 0.0383. The van der Waals surface area contributed by atoms with Crippen LogP contribution in [0.1, 0.15) is 23.1 Å². The zero-order valence-corrected chi connectivity index (χ0v) is 12.9. The minimum Gasteiger partial charge on any atom is -0.379 e. The van der Waals surface area contributed by atoms with E-state index < -0.39 is 0 Å². The number of benzene rings is 1. The first kappa shape index (κ1) is 15.0. The van der Waals surface area contributed by atoms with Crippen LogP contribution >= 0.6 is 0 Å².